The first-order valence-corrected chi connectivity index (χ1v) is 8.21. The van der Waals surface area contributed by atoms with Gasteiger partial charge in [-0.2, -0.15) is 8.42 Å². The molecule has 0 saturated heterocycles. The molecule has 4 nitrogen and oxygen atoms in total. The molecule has 2 rings (SSSR count). The van der Waals surface area contributed by atoms with Crippen LogP contribution in [0.15, 0.2) is 47.4 Å². The molecule has 0 aliphatic carbocycles. The standard InChI is InChI=1S/C14H12Cl2O4S/c1-2-19-14-9-11(16)5-8-13(14)20-21(17,18)12-6-3-10(15)4-7-12/h3-9H,2H2,1H3. The van der Waals surface area contributed by atoms with Crippen molar-refractivity contribution in [2.24, 2.45) is 0 Å². The van der Waals surface area contributed by atoms with Crippen molar-refractivity contribution in [1.82, 2.24) is 0 Å². The Bertz CT molecular complexity index is 727. The Morgan fingerprint density at radius 2 is 1.57 bits per heavy atom. The smallest absolute Gasteiger partial charge is 0.339 e. The summed E-state index contributed by atoms with van der Waals surface area (Å²) in [6, 6.07) is 10.2. The van der Waals surface area contributed by atoms with Gasteiger partial charge in [0.25, 0.3) is 0 Å². The van der Waals surface area contributed by atoms with E-state index in [0.717, 1.165) is 0 Å². The van der Waals surface area contributed by atoms with E-state index in [0.29, 0.717) is 16.7 Å². The third-order valence-corrected chi connectivity index (χ3v) is 4.24. The molecule has 2 aromatic rings. The minimum absolute atomic E-state index is 0.00398. The largest absolute Gasteiger partial charge is 0.490 e. The van der Waals surface area contributed by atoms with Crippen molar-refractivity contribution < 1.29 is 17.3 Å². The molecule has 21 heavy (non-hydrogen) atoms. The Morgan fingerprint density at radius 3 is 2.19 bits per heavy atom. The molecule has 0 atom stereocenters. The molecule has 0 aliphatic rings. The van der Waals surface area contributed by atoms with E-state index in [1.807, 2.05) is 0 Å². The average molecular weight is 347 g/mol. The van der Waals surface area contributed by atoms with Gasteiger partial charge in [-0.15, -0.1) is 0 Å². The molecule has 0 unspecified atom stereocenters. The molecule has 0 bridgehead atoms. The van der Waals surface area contributed by atoms with Gasteiger partial charge in [-0.05, 0) is 43.3 Å². The summed E-state index contributed by atoms with van der Waals surface area (Å²) in [5.74, 6) is 0.346. The first-order valence-electron chi connectivity index (χ1n) is 6.05. The van der Waals surface area contributed by atoms with Crippen LogP contribution in [0.25, 0.3) is 0 Å². The molecule has 0 saturated carbocycles. The van der Waals surface area contributed by atoms with Crippen LogP contribution in [-0.4, -0.2) is 15.0 Å². The van der Waals surface area contributed by atoms with Gasteiger partial charge in [0.05, 0.1) is 6.61 Å². The lowest BCUT2D eigenvalue weighted by molar-refractivity contribution is 0.327. The molecule has 0 radical (unpaired) electrons. The van der Waals surface area contributed by atoms with Gasteiger partial charge in [-0.3, -0.25) is 0 Å². The number of halogens is 2. The number of rotatable bonds is 5. The minimum Gasteiger partial charge on any atom is -0.490 e. The normalized spacial score (nSPS) is 11.2. The van der Waals surface area contributed by atoms with E-state index in [-0.39, 0.29) is 16.4 Å². The highest BCUT2D eigenvalue weighted by molar-refractivity contribution is 7.87. The quantitative estimate of drug-likeness (QED) is 0.762. The minimum atomic E-state index is -3.97. The van der Waals surface area contributed by atoms with Gasteiger partial charge in [0.2, 0.25) is 0 Å². The van der Waals surface area contributed by atoms with Crippen molar-refractivity contribution in [3.63, 3.8) is 0 Å². The van der Waals surface area contributed by atoms with Crippen molar-refractivity contribution in [2.45, 2.75) is 11.8 Å². The van der Waals surface area contributed by atoms with Crippen molar-refractivity contribution in [3.05, 3.63) is 52.5 Å². The van der Waals surface area contributed by atoms with E-state index < -0.39 is 10.1 Å². The van der Waals surface area contributed by atoms with Gasteiger partial charge < -0.3 is 8.92 Å². The van der Waals surface area contributed by atoms with Crippen LogP contribution in [0.4, 0.5) is 0 Å². The molecule has 0 fully saturated rings. The number of hydrogen-bond donors (Lipinski definition) is 0. The van der Waals surface area contributed by atoms with Crippen molar-refractivity contribution in [3.8, 4) is 11.5 Å². The Morgan fingerprint density at radius 1 is 0.952 bits per heavy atom. The van der Waals surface area contributed by atoms with Crippen LogP contribution in [0, 0.1) is 0 Å². The highest BCUT2D eigenvalue weighted by atomic mass is 35.5. The van der Waals surface area contributed by atoms with Gasteiger partial charge in [0, 0.05) is 16.1 Å². The molecule has 112 valence electrons. The number of ether oxygens (including phenoxy) is 1. The van der Waals surface area contributed by atoms with Crippen LogP contribution in [0.2, 0.25) is 10.0 Å². The van der Waals surface area contributed by atoms with E-state index >= 15 is 0 Å². The average Bonchev–Trinajstić information content (AvgIpc) is 2.42. The third-order valence-electron chi connectivity index (χ3n) is 2.51. The van der Waals surface area contributed by atoms with E-state index in [1.165, 1.54) is 42.5 Å². The number of benzene rings is 2. The molecule has 0 aromatic heterocycles. The zero-order chi connectivity index (χ0) is 15.5. The van der Waals surface area contributed by atoms with Gasteiger partial charge in [-0.1, -0.05) is 23.2 Å². The van der Waals surface area contributed by atoms with Gasteiger partial charge in [0.15, 0.2) is 11.5 Å². The molecule has 2 aromatic carbocycles. The molecule has 0 amide bonds. The maximum atomic E-state index is 12.2. The lowest BCUT2D eigenvalue weighted by Gasteiger charge is -2.12. The maximum absolute atomic E-state index is 12.2. The van der Waals surface area contributed by atoms with Gasteiger partial charge >= 0.3 is 10.1 Å². The molecule has 0 heterocycles. The van der Waals surface area contributed by atoms with E-state index in [1.54, 1.807) is 6.92 Å². The summed E-state index contributed by atoms with van der Waals surface area (Å²) in [6.07, 6.45) is 0. The Kier molecular flexibility index (Phi) is 4.98. The monoisotopic (exact) mass is 346 g/mol. The first kappa shape index (κ1) is 15.9. The highest BCUT2D eigenvalue weighted by Crippen LogP contribution is 2.32. The second-order valence-electron chi connectivity index (χ2n) is 4.02. The summed E-state index contributed by atoms with van der Waals surface area (Å²) in [4.78, 5) is 0.00398. The second-order valence-corrected chi connectivity index (χ2v) is 6.43. The van der Waals surface area contributed by atoms with Crippen LogP contribution >= 0.6 is 23.2 Å². The molecular weight excluding hydrogens is 335 g/mol. The fourth-order valence-electron chi connectivity index (χ4n) is 1.59. The van der Waals surface area contributed by atoms with E-state index in [9.17, 15) is 8.42 Å². The predicted octanol–water partition coefficient (Wildman–Crippen LogP) is 4.16. The Hall–Kier alpha value is -1.43. The number of hydrogen-bond acceptors (Lipinski definition) is 4. The lowest BCUT2D eigenvalue weighted by Crippen LogP contribution is -2.10. The molecule has 0 aliphatic heterocycles. The van der Waals surface area contributed by atoms with Crippen LogP contribution in [0.1, 0.15) is 6.92 Å². The SMILES string of the molecule is CCOc1cc(Cl)ccc1OS(=O)(=O)c1ccc(Cl)cc1. The topological polar surface area (TPSA) is 52.6 Å². The summed E-state index contributed by atoms with van der Waals surface area (Å²) >= 11 is 11.6. The summed E-state index contributed by atoms with van der Waals surface area (Å²) < 4.78 is 34.8. The third kappa shape index (κ3) is 4.03. The van der Waals surface area contributed by atoms with E-state index in [4.69, 9.17) is 32.1 Å². The molecular formula is C14H12Cl2O4S. The van der Waals surface area contributed by atoms with Crippen LogP contribution < -0.4 is 8.92 Å². The Labute approximate surface area is 133 Å². The molecule has 7 heteroatoms. The van der Waals surface area contributed by atoms with Crippen molar-refractivity contribution in [2.75, 3.05) is 6.61 Å². The van der Waals surface area contributed by atoms with Crippen molar-refractivity contribution >= 4 is 33.3 Å². The lowest BCUT2D eigenvalue weighted by atomic mass is 10.3. The molecule has 0 spiro atoms. The summed E-state index contributed by atoms with van der Waals surface area (Å²) in [7, 11) is -3.97. The zero-order valence-corrected chi connectivity index (χ0v) is 13.4. The van der Waals surface area contributed by atoms with Crippen molar-refractivity contribution in [1.29, 1.82) is 0 Å². The first-order chi connectivity index (χ1) is 9.92. The zero-order valence-electron chi connectivity index (χ0n) is 11.0. The Balaban J connectivity index is 2.34. The maximum Gasteiger partial charge on any atom is 0.339 e. The van der Waals surface area contributed by atoms with Crippen LogP contribution in [0.3, 0.4) is 0 Å². The van der Waals surface area contributed by atoms with Crippen LogP contribution in [-0.2, 0) is 10.1 Å². The fraction of sp³-hybridized carbons (Fsp3) is 0.143. The second kappa shape index (κ2) is 6.56. The fourth-order valence-corrected chi connectivity index (χ4v) is 2.81. The van der Waals surface area contributed by atoms with Crippen LogP contribution in [0.5, 0.6) is 11.5 Å². The van der Waals surface area contributed by atoms with E-state index in [2.05, 4.69) is 0 Å². The molecule has 0 N–H and O–H groups in total. The summed E-state index contributed by atoms with van der Waals surface area (Å²) in [5, 5.41) is 0.866. The highest BCUT2D eigenvalue weighted by Gasteiger charge is 2.19. The summed E-state index contributed by atoms with van der Waals surface area (Å²) in [5.41, 5.74) is 0. The van der Waals surface area contributed by atoms with Gasteiger partial charge in [0.1, 0.15) is 4.90 Å². The predicted molar refractivity (Wildman–Crippen MR) is 81.9 cm³/mol. The van der Waals surface area contributed by atoms with Gasteiger partial charge in [-0.25, -0.2) is 0 Å². The summed E-state index contributed by atoms with van der Waals surface area (Å²) in [6.45, 7) is 2.13.